The largest absolute Gasteiger partial charge is 0.489 e. The van der Waals surface area contributed by atoms with E-state index in [0.717, 1.165) is 30.7 Å². The van der Waals surface area contributed by atoms with Crippen molar-refractivity contribution in [1.29, 1.82) is 0 Å². The van der Waals surface area contributed by atoms with Crippen molar-refractivity contribution >= 4 is 61.7 Å². The Bertz CT molecular complexity index is 1570. The summed E-state index contributed by atoms with van der Waals surface area (Å²) in [5.41, 5.74) is 7.29. The number of hydrogen-bond acceptors (Lipinski definition) is 10. The van der Waals surface area contributed by atoms with Crippen molar-refractivity contribution in [2.24, 2.45) is 0 Å². The van der Waals surface area contributed by atoms with Gasteiger partial charge in [0.1, 0.15) is 34.8 Å². The topological polar surface area (TPSA) is 93.6 Å². The lowest BCUT2D eigenvalue weighted by atomic mass is 10.1. The molecule has 3 atom stereocenters. The second-order valence-corrected chi connectivity index (χ2v) is 12.5. The number of nitrogen functional groups attached to an aromatic ring is 1. The first-order valence-corrected chi connectivity index (χ1v) is 15.2. The fraction of sp³-hybridized carbons (Fsp3) is 0.536. The highest BCUT2D eigenvalue weighted by molar-refractivity contribution is 7.17. The van der Waals surface area contributed by atoms with E-state index in [0.29, 0.717) is 72.7 Å². The van der Waals surface area contributed by atoms with Crippen molar-refractivity contribution in [2.75, 3.05) is 62.0 Å². The van der Waals surface area contributed by atoms with Crippen LogP contribution in [0.3, 0.4) is 0 Å². The minimum atomic E-state index is -0.602. The van der Waals surface area contributed by atoms with Crippen LogP contribution in [0.15, 0.2) is 0 Å². The second-order valence-electron chi connectivity index (χ2n) is 11.0. The molecule has 4 aliphatic rings. The molecular weight excluding hydrogens is 569 g/mol. The minimum absolute atomic E-state index is 0.0616. The molecule has 0 bridgehead atoms. The Balaban J connectivity index is 1.42. The summed E-state index contributed by atoms with van der Waals surface area (Å²) >= 11 is 8.37. The highest BCUT2D eigenvalue weighted by Gasteiger charge is 2.38. The molecule has 2 N–H and O–H groups in total. The van der Waals surface area contributed by atoms with E-state index in [9.17, 15) is 0 Å². The Morgan fingerprint density at radius 2 is 2.07 bits per heavy atom. The molecule has 0 spiro atoms. The smallest absolute Gasteiger partial charge is 0.319 e. The number of hydrogen-bond donors (Lipinski definition) is 1. The van der Waals surface area contributed by atoms with Crippen molar-refractivity contribution < 1.29 is 18.6 Å². The van der Waals surface area contributed by atoms with Gasteiger partial charge >= 0.3 is 6.01 Å². The predicted molar refractivity (Wildman–Crippen MR) is 158 cm³/mol. The molecule has 3 aromatic rings. The Labute approximate surface area is 246 Å². The fourth-order valence-corrected chi connectivity index (χ4v) is 8.02. The van der Waals surface area contributed by atoms with E-state index in [4.69, 9.17) is 43.1 Å². The number of benzene rings is 1. The molecule has 2 aromatic heterocycles. The van der Waals surface area contributed by atoms with Gasteiger partial charge in [0.05, 0.1) is 41.8 Å². The maximum Gasteiger partial charge on any atom is 0.319 e. The number of aromatic nitrogens is 2. The third-order valence-corrected chi connectivity index (χ3v) is 10.1. The van der Waals surface area contributed by atoms with Gasteiger partial charge in [-0.15, -0.1) is 11.3 Å². The van der Waals surface area contributed by atoms with Gasteiger partial charge in [0.15, 0.2) is 11.6 Å². The SMILES string of the molecule is [C-]#[N+]c1c(N)sc2c1N(c1c(Cl)c3c4c(nc(O[C@@H](C)C5CCCN5C)nc4c1F)N(C1CCOC1)CCO3)CC2. The number of thiophene rings is 1. The fourth-order valence-electron chi connectivity index (χ4n) is 6.69. The second kappa shape index (κ2) is 10.3. The lowest BCUT2D eigenvalue weighted by Crippen LogP contribution is -2.39. The zero-order valence-electron chi connectivity index (χ0n) is 23.0. The normalized spacial score (nSPS) is 23.0. The van der Waals surface area contributed by atoms with E-state index in [1.165, 1.54) is 11.3 Å². The van der Waals surface area contributed by atoms with Gasteiger partial charge in [-0.05, 0) is 39.8 Å². The number of nitrogens with zero attached hydrogens (tertiary/aromatic N) is 6. The van der Waals surface area contributed by atoms with Gasteiger partial charge in [0, 0.05) is 30.5 Å². The number of rotatable bonds is 5. The molecule has 0 aliphatic carbocycles. The van der Waals surface area contributed by atoms with Crippen molar-refractivity contribution in [3.63, 3.8) is 0 Å². The number of likely N-dealkylation sites (N-methyl/N-ethyl adjacent to an activating group) is 1. The van der Waals surface area contributed by atoms with Crippen LogP contribution in [0.4, 0.5) is 32.3 Å². The predicted octanol–water partition coefficient (Wildman–Crippen LogP) is 5.16. The molecule has 6 heterocycles. The lowest BCUT2D eigenvalue weighted by molar-refractivity contribution is 0.112. The van der Waals surface area contributed by atoms with E-state index in [-0.39, 0.29) is 40.4 Å². The maximum absolute atomic E-state index is 16.9. The first-order valence-electron chi connectivity index (χ1n) is 14.0. The molecule has 0 saturated carbocycles. The summed E-state index contributed by atoms with van der Waals surface area (Å²) < 4.78 is 35.2. The number of anilines is 4. The highest BCUT2D eigenvalue weighted by Crippen LogP contribution is 2.55. The van der Waals surface area contributed by atoms with Crippen LogP contribution in [0.2, 0.25) is 5.02 Å². The number of ether oxygens (including phenoxy) is 3. The van der Waals surface area contributed by atoms with Crippen LogP contribution in [-0.4, -0.2) is 79.6 Å². The first-order chi connectivity index (χ1) is 19.9. The molecule has 216 valence electrons. The summed E-state index contributed by atoms with van der Waals surface area (Å²) in [6, 6.07) is 0.399. The molecule has 2 saturated heterocycles. The summed E-state index contributed by atoms with van der Waals surface area (Å²) in [5, 5.41) is 0.975. The van der Waals surface area contributed by atoms with Crippen LogP contribution in [-0.2, 0) is 11.2 Å². The van der Waals surface area contributed by atoms with Crippen LogP contribution in [0, 0.1) is 12.4 Å². The lowest BCUT2D eigenvalue weighted by Gasteiger charge is -2.30. The Morgan fingerprint density at radius 1 is 1.22 bits per heavy atom. The summed E-state index contributed by atoms with van der Waals surface area (Å²) in [7, 11) is 2.09. The van der Waals surface area contributed by atoms with Crippen LogP contribution in [0.1, 0.15) is 31.1 Å². The zero-order chi connectivity index (χ0) is 28.4. The van der Waals surface area contributed by atoms with Crippen LogP contribution in [0.5, 0.6) is 11.8 Å². The average Bonchev–Trinajstić information content (AvgIpc) is 3.74. The van der Waals surface area contributed by atoms with Gasteiger partial charge in [0.25, 0.3) is 0 Å². The van der Waals surface area contributed by atoms with Gasteiger partial charge in [-0.1, -0.05) is 11.6 Å². The van der Waals surface area contributed by atoms with E-state index >= 15 is 4.39 Å². The van der Waals surface area contributed by atoms with Gasteiger partial charge in [-0.3, -0.25) is 4.90 Å². The summed E-state index contributed by atoms with van der Waals surface area (Å²) in [4.78, 5) is 20.3. The quantitative estimate of drug-likeness (QED) is 0.399. The first kappa shape index (κ1) is 26.8. The van der Waals surface area contributed by atoms with Crippen LogP contribution < -0.4 is 25.0 Å². The summed E-state index contributed by atoms with van der Waals surface area (Å²) in [5.74, 6) is 0.274. The van der Waals surface area contributed by atoms with Crippen LogP contribution in [0.25, 0.3) is 15.7 Å². The van der Waals surface area contributed by atoms with E-state index in [1.54, 1.807) is 4.90 Å². The van der Waals surface area contributed by atoms with Gasteiger partial charge in [0.2, 0.25) is 5.69 Å². The maximum atomic E-state index is 16.9. The molecule has 13 heteroatoms. The molecule has 0 radical (unpaired) electrons. The summed E-state index contributed by atoms with van der Waals surface area (Å²) in [6.45, 7) is 13.2. The van der Waals surface area contributed by atoms with Gasteiger partial charge in [-0.25, -0.2) is 9.24 Å². The van der Waals surface area contributed by atoms with E-state index in [1.807, 2.05) is 6.92 Å². The third-order valence-electron chi connectivity index (χ3n) is 8.70. The molecule has 0 amide bonds. The minimum Gasteiger partial charge on any atom is -0.489 e. The van der Waals surface area contributed by atoms with Crippen LogP contribution >= 0.6 is 22.9 Å². The average molecular weight is 600 g/mol. The third kappa shape index (κ3) is 4.24. The molecule has 7 rings (SSSR count). The number of likely N-dealkylation sites (tertiary alicyclic amines) is 1. The van der Waals surface area contributed by atoms with Crippen molar-refractivity contribution in [1.82, 2.24) is 14.9 Å². The standard InChI is InChI=1S/C28H31ClFN7O3S/c1-14(16-5-4-8-35(16)3)40-28-33-21-18-25(39-12-10-36(27(18)34-28)15-7-11-38-13-15)19(29)24(20(21)30)37-9-6-17-23(37)22(32-2)26(31)41-17/h14-16H,4-13,31H2,1,3H3/t14-,15?,16?/m0/s1. The Kier molecular flexibility index (Phi) is 6.73. The molecule has 41 heavy (non-hydrogen) atoms. The van der Waals surface area contributed by atoms with Crippen molar-refractivity contribution in [3.8, 4) is 11.8 Å². The molecular formula is C28H31ClFN7O3S. The van der Waals surface area contributed by atoms with Crippen molar-refractivity contribution in [3.05, 3.63) is 27.1 Å². The highest BCUT2D eigenvalue weighted by atomic mass is 35.5. The Morgan fingerprint density at radius 3 is 2.80 bits per heavy atom. The van der Waals surface area contributed by atoms with E-state index in [2.05, 4.69) is 26.7 Å². The zero-order valence-corrected chi connectivity index (χ0v) is 24.5. The molecule has 2 unspecified atom stereocenters. The number of nitrogens with two attached hydrogens (primary N) is 1. The van der Waals surface area contributed by atoms with E-state index < -0.39 is 5.82 Å². The van der Waals surface area contributed by atoms with Crippen molar-refractivity contribution in [2.45, 2.75) is 50.8 Å². The van der Waals surface area contributed by atoms with Gasteiger partial charge < -0.3 is 29.7 Å². The van der Waals surface area contributed by atoms with Gasteiger partial charge in [-0.2, -0.15) is 9.97 Å². The Hall–Kier alpha value is -3.11. The summed E-state index contributed by atoms with van der Waals surface area (Å²) in [6.07, 6.45) is 3.38. The molecule has 4 aliphatic heterocycles. The number of fused-ring (bicyclic) bond motifs is 1. The molecule has 2 fully saturated rings. The number of halogens is 2. The monoisotopic (exact) mass is 599 g/mol. The molecule has 1 aromatic carbocycles. The molecule has 10 nitrogen and oxygen atoms in total.